The van der Waals surface area contributed by atoms with Crippen molar-refractivity contribution < 1.29 is 19.4 Å². The number of hydrogen-bond donors (Lipinski definition) is 1. The van der Waals surface area contributed by atoms with Gasteiger partial charge in [-0.25, -0.2) is 0 Å². The summed E-state index contributed by atoms with van der Waals surface area (Å²) in [6.07, 6.45) is 45.1. The highest BCUT2D eigenvalue weighted by Gasteiger charge is 2.09. The van der Waals surface area contributed by atoms with Crippen LogP contribution in [0.5, 0.6) is 0 Å². The van der Waals surface area contributed by atoms with Crippen LogP contribution in [0.25, 0.3) is 0 Å². The van der Waals surface area contributed by atoms with Crippen LogP contribution in [0.1, 0.15) is 226 Å². The van der Waals surface area contributed by atoms with Crippen LogP contribution in [0.4, 0.5) is 0 Å². The molecule has 0 heterocycles. The largest absolute Gasteiger partial charge is 0.481 e. The third kappa shape index (κ3) is 36.9. The number of carboxylic acid groups (broad SMARTS) is 1. The molecule has 4 heteroatoms. The molecule has 1 unspecified atom stereocenters. The van der Waals surface area contributed by atoms with Gasteiger partial charge >= 0.3 is 11.9 Å². The maximum absolute atomic E-state index is 12.1. The van der Waals surface area contributed by atoms with Crippen LogP contribution >= 0.6 is 0 Å². The summed E-state index contributed by atoms with van der Waals surface area (Å²) in [5.74, 6) is -0.658. The average Bonchev–Trinajstić information content (AvgIpc) is 3.00. The zero-order valence-electron chi connectivity index (χ0n) is 29.7. The molecule has 0 rings (SSSR count). The predicted molar refractivity (Wildman–Crippen MR) is 190 cm³/mol. The molecule has 0 aliphatic rings. The number of allylic oxidation sites excluding steroid dienone is 2. The first-order valence-electron chi connectivity index (χ1n) is 19.6. The molecule has 0 spiro atoms. The Morgan fingerprint density at radius 2 is 0.841 bits per heavy atom. The minimum Gasteiger partial charge on any atom is -0.481 e. The highest BCUT2D eigenvalue weighted by molar-refractivity contribution is 5.69. The Morgan fingerprint density at radius 1 is 0.500 bits per heavy atom. The molecular formula is C40H76O4. The van der Waals surface area contributed by atoms with Crippen molar-refractivity contribution in [3.63, 3.8) is 0 Å². The average molecular weight is 621 g/mol. The Balaban J connectivity index is 3.28. The molecule has 4 nitrogen and oxygen atoms in total. The minimum absolute atomic E-state index is 0.00167. The van der Waals surface area contributed by atoms with Gasteiger partial charge in [-0.15, -0.1) is 0 Å². The highest BCUT2D eigenvalue weighted by atomic mass is 16.5. The molecule has 260 valence electrons. The fraction of sp³-hybridized carbons (Fsp3) is 0.900. The van der Waals surface area contributed by atoms with E-state index < -0.39 is 5.97 Å². The number of carbonyl (C=O) groups excluding carboxylic acids is 1. The SMILES string of the molecule is CCCCCC/C=C\CCCCCCCC(=O)OC(C)CCCCCCCCCCCCCCCCCCCCCC(=O)O. The Hall–Kier alpha value is -1.32. The van der Waals surface area contributed by atoms with Crippen molar-refractivity contribution in [3.05, 3.63) is 12.2 Å². The van der Waals surface area contributed by atoms with Gasteiger partial charge in [-0.3, -0.25) is 9.59 Å². The van der Waals surface area contributed by atoms with Gasteiger partial charge < -0.3 is 9.84 Å². The number of carboxylic acids is 1. The topological polar surface area (TPSA) is 63.6 Å². The van der Waals surface area contributed by atoms with Crippen molar-refractivity contribution in [2.45, 2.75) is 232 Å². The van der Waals surface area contributed by atoms with E-state index in [2.05, 4.69) is 26.0 Å². The van der Waals surface area contributed by atoms with E-state index in [1.165, 1.54) is 167 Å². The molecule has 0 radical (unpaired) electrons. The summed E-state index contributed by atoms with van der Waals surface area (Å²) < 4.78 is 5.64. The van der Waals surface area contributed by atoms with Gasteiger partial charge in [0.25, 0.3) is 0 Å². The van der Waals surface area contributed by atoms with Crippen LogP contribution in [-0.4, -0.2) is 23.1 Å². The van der Waals surface area contributed by atoms with Gasteiger partial charge in [-0.2, -0.15) is 0 Å². The van der Waals surface area contributed by atoms with E-state index >= 15 is 0 Å². The zero-order valence-corrected chi connectivity index (χ0v) is 29.7. The summed E-state index contributed by atoms with van der Waals surface area (Å²) in [6.45, 7) is 4.32. The van der Waals surface area contributed by atoms with Gasteiger partial charge in [-0.1, -0.05) is 167 Å². The summed E-state index contributed by atoms with van der Waals surface area (Å²) in [7, 11) is 0. The van der Waals surface area contributed by atoms with E-state index in [0.717, 1.165) is 32.1 Å². The third-order valence-corrected chi connectivity index (χ3v) is 8.98. The van der Waals surface area contributed by atoms with Crippen molar-refractivity contribution in [1.29, 1.82) is 0 Å². The molecule has 0 aliphatic heterocycles. The van der Waals surface area contributed by atoms with E-state index in [1.807, 2.05) is 0 Å². The zero-order chi connectivity index (χ0) is 32.2. The second-order valence-electron chi connectivity index (χ2n) is 13.6. The summed E-state index contributed by atoms with van der Waals surface area (Å²) in [5.41, 5.74) is 0. The lowest BCUT2D eigenvalue weighted by molar-refractivity contribution is -0.148. The van der Waals surface area contributed by atoms with Gasteiger partial charge in [0, 0.05) is 12.8 Å². The van der Waals surface area contributed by atoms with Gasteiger partial charge in [0.05, 0.1) is 6.10 Å². The maximum atomic E-state index is 12.1. The summed E-state index contributed by atoms with van der Waals surface area (Å²) in [6, 6.07) is 0. The van der Waals surface area contributed by atoms with Crippen LogP contribution in [0.15, 0.2) is 12.2 Å². The lowest BCUT2D eigenvalue weighted by atomic mass is 10.0. The van der Waals surface area contributed by atoms with Crippen molar-refractivity contribution in [3.8, 4) is 0 Å². The molecule has 0 fully saturated rings. The van der Waals surface area contributed by atoms with E-state index in [1.54, 1.807) is 0 Å². The molecule has 0 bridgehead atoms. The highest BCUT2D eigenvalue weighted by Crippen LogP contribution is 2.16. The van der Waals surface area contributed by atoms with Crippen molar-refractivity contribution in [2.75, 3.05) is 0 Å². The number of esters is 1. The maximum Gasteiger partial charge on any atom is 0.306 e. The quantitative estimate of drug-likeness (QED) is 0.0430. The molecule has 1 N–H and O–H groups in total. The van der Waals surface area contributed by atoms with Crippen molar-refractivity contribution in [2.24, 2.45) is 0 Å². The number of ether oxygens (including phenoxy) is 1. The van der Waals surface area contributed by atoms with Crippen LogP contribution in [-0.2, 0) is 14.3 Å². The molecular weight excluding hydrogens is 544 g/mol. The molecule has 0 aromatic rings. The Kier molecular flexibility index (Phi) is 35.1. The van der Waals surface area contributed by atoms with E-state index in [4.69, 9.17) is 9.84 Å². The van der Waals surface area contributed by atoms with Gasteiger partial charge in [0.1, 0.15) is 0 Å². The molecule has 1 atom stereocenters. The molecule has 0 aliphatic carbocycles. The molecule has 0 saturated carbocycles. The molecule has 0 amide bonds. The second kappa shape index (κ2) is 36.2. The standard InChI is InChI=1S/C40H76O4/c1-3-4-5-6-7-8-9-17-22-25-28-31-34-37-40(43)44-38(2)35-32-29-26-23-20-18-15-13-11-10-12-14-16-19-21-24-27-30-33-36-39(41)42/h8-9,38H,3-7,10-37H2,1-2H3,(H,41,42)/b9-8-. The number of hydrogen-bond acceptors (Lipinski definition) is 3. The predicted octanol–water partition coefficient (Wildman–Crippen LogP) is 13.5. The fourth-order valence-electron chi connectivity index (χ4n) is 6.04. The first-order chi connectivity index (χ1) is 21.6. The van der Waals surface area contributed by atoms with E-state index in [-0.39, 0.29) is 12.1 Å². The minimum atomic E-state index is -0.660. The molecule has 0 aromatic carbocycles. The van der Waals surface area contributed by atoms with Crippen LogP contribution in [0.3, 0.4) is 0 Å². The second-order valence-corrected chi connectivity index (χ2v) is 13.6. The normalized spacial score (nSPS) is 12.2. The van der Waals surface area contributed by atoms with E-state index in [0.29, 0.717) is 12.8 Å². The Labute approximate surface area is 275 Å². The van der Waals surface area contributed by atoms with Crippen molar-refractivity contribution >= 4 is 11.9 Å². The third-order valence-electron chi connectivity index (χ3n) is 8.98. The Bertz CT molecular complexity index is 629. The van der Waals surface area contributed by atoms with Gasteiger partial charge in [0.2, 0.25) is 0 Å². The molecule has 44 heavy (non-hydrogen) atoms. The van der Waals surface area contributed by atoms with Gasteiger partial charge in [0.15, 0.2) is 0 Å². The molecule has 0 aromatic heterocycles. The summed E-state index contributed by atoms with van der Waals surface area (Å²) >= 11 is 0. The lowest BCUT2D eigenvalue weighted by Gasteiger charge is -2.13. The molecule has 0 saturated heterocycles. The van der Waals surface area contributed by atoms with Crippen LogP contribution in [0, 0.1) is 0 Å². The summed E-state index contributed by atoms with van der Waals surface area (Å²) in [5, 5.41) is 8.64. The van der Waals surface area contributed by atoms with Crippen LogP contribution in [0.2, 0.25) is 0 Å². The van der Waals surface area contributed by atoms with Crippen molar-refractivity contribution in [1.82, 2.24) is 0 Å². The summed E-state index contributed by atoms with van der Waals surface area (Å²) in [4.78, 5) is 22.6. The number of carbonyl (C=O) groups is 2. The smallest absolute Gasteiger partial charge is 0.306 e. The first kappa shape index (κ1) is 42.7. The lowest BCUT2D eigenvalue weighted by Crippen LogP contribution is -2.14. The first-order valence-corrected chi connectivity index (χ1v) is 19.6. The number of unbranched alkanes of at least 4 members (excludes halogenated alkanes) is 27. The Morgan fingerprint density at radius 3 is 1.25 bits per heavy atom. The fourth-order valence-corrected chi connectivity index (χ4v) is 6.04. The van der Waals surface area contributed by atoms with Crippen LogP contribution < -0.4 is 0 Å². The number of rotatable bonds is 36. The number of aliphatic carboxylic acids is 1. The van der Waals surface area contributed by atoms with Gasteiger partial charge in [-0.05, 0) is 58.3 Å². The van der Waals surface area contributed by atoms with E-state index in [9.17, 15) is 9.59 Å². The monoisotopic (exact) mass is 621 g/mol.